The largest absolute Gasteiger partial charge is 0.359 e. The van der Waals surface area contributed by atoms with Crippen molar-refractivity contribution >= 4 is 11.6 Å². The molecule has 0 bridgehead atoms. The Kier molecular flexibility index (Phi) is 3.77. The van der Waals surface area contributed by atoms with Crippen LogP contribution >= 0.6 is 0 Å². The van der Waals surface area contributed by atoms with Gasteiger partial charge in [0.25, 0.3) is 0 Å². The molecule has 0 aliphatic carbocycles. The zero-order chi connectivity index (χ0) is 11.4. The van der Waals surface area contributed by atoms with Gasteiger partial charge in [0.15, 0.2) is 5.78 Å². The lowest BCUT2D eigenvalue weighted by atomic mass is 10.2. The molecule has 0 spiro atoms. The number of Topliss-reactive ketones (excluding diaryl/α,β-unsaturated/α-hetero) is 1. The van der Waals surface area contributed by atoms with Gasteiger partial charge < -0.3 is 4.90 Å². The maximum absolute atomic E-state index is 11.4. The number of ketones is 1. The fourth-order valence-corrected chi connectivity index (χ4v) is 1.44. The molecule has 0 N–H and O–H groups in total. The zero-order valence-corrected chi connectivity index (χ0v) is 9.74. The molecule has 4 heteroatoms. The first kappa shape index (κ1) is 11.6. The van der Waals surface area contributed by atoms with Gasteiger partial charge in [-0.3, -0.25) is 4.79 Å². The molecule has 1 aromatic heterocycles. The van der Waals surface area contributed by atoms with Crippen LogP contribution in [0.3, 0.4) is 0 Å². The van der Waals surface area contributed by atoms with Gasteiger partial charge in [-0.15, -0.1) is 0 Å². The number of aryl methyl sites for hydroxylation is 1. The molecule has 82 valence electrons. The van der Waals surface area contributed by atoms with Gasteiger partial charge in [0.2, 0.25) is 0 Å². The summed E-state index contributed by atoms with van der Waals surface area (Å²) in [6, 6.07) is 0. The highest BCUT2D eigenvalue weighted by Gasteiger charge is 2.13. The minimum Gasteiger partial charge on any atom is -0.359 e. The monoisotopic (exact) mass is 207 g/mol. The van der Waals surface area contributed by atoms with E-state index in [0.29, 0.717) is 11.4 Å². The van der Waals surface area contributed by atoms with E-state index in [1.165, 1.54) is 6.92 Å². The number of aromatic nitrogens is 2. The van der Waals surface area contributed by atoms with Crippen LogP contribution in [0.1, 0.15) is 36.5 Å². The Hall–Kier alpha value is -1.45. The Morgan fingerprint density at radius 3 is 2.73 bits per heavy atom. The molecule has 1 heterocycles. The first-order chi connectivity index (χ1) is 7.06. The quantitative estimate of drug-likeness (QED) is 0.707. The van der Waals surface area contributed by atoms with E-state index in [4.69, 9.17) is 0 Å². The van der Waals surface area contributed by atoms with Crippen LogP contribution in [-0.4, -0.2) is 29.3 Å². The van der Waals surface area contributed by atoms with E-state index in [9.17, 15) is 4.79 Å². The summed E-state index contributed by atoms with van der Waals surface area (Å²) in [7, 11) is 1.94. The molecule has 0 fully saturated rings. The molecule has 0 aromatic carbocycles. The van der Waals surface area contributed by atoms with Gasteiger partial charge in [0.05, 0.1) is 5.56 Å². The normalized spacial score (nSPS) is 10.1. The zero-order valence-electron chi connectivity index (χ0n) is 9.74. The van der Waals surface area contributed by atoms with E-state index in [1.54, 1.807) is 6.20 Å². The van der Waals surface area contributed by atoms with Gasteiger partial charge in [0.1, 0.15) is 11.6 Å². The Morgan fingerprint density at radius 1 is 1.53 bits per heavy atom. The number of anilines is 1. The van der Waals surface area contributed by atoms with E-state index in [2.05, 4.69) is 16.9 Å². The van der Waals surface area contributed by atoms with E-state index in [-0.39, 0.29) is 5.78 Å². The fourth-order valence-electron chi connectivity index (χ4n) is 1.44. The molecular formula is C11H17N3O. The summed E-state index contributed by atoms with van der Waals surface area (Å²) in [6.45, 7) is 6.35. The van der Waals surface area contributed by atoms with Gasteiger partial charge in [-0.05, 0) is 20.3 Å². The van der Waals surface area contributed by atoms with Gasteiger partial charge in [-0.2, -0.15) is 0 Å². The van der Waals surface area contributed by atoms with Crippen LogP contribution in [0.5, 0.6) is 0 Å². The van der Waals surface area contributed by atoms with Gasteiger partial charge >= 0.3 is 0 Å². The fraction of sp³-hybridized carbons (Fsp3) is 0.545. The molecule has 0 aliphatic rings. The Bertz CT molecular complexity index is 363. The molecule has 0 unspecified atom stereocenters. The van der Waals surface area contributed by atoms with Crippen LogP contribution in [0.4, 0.5) is 5.82 Å². The van der Waals surface area contributed by atoms with Crippen LogP contribution in [0.2, 0.25) is 0 Å². The summed E-state index contributed by atoms with van der Waals surface area (Å²) < 4.78 is 0. The average molecular weight is 207 g/mol. The van der Waals surface area contributed by atoms with Gasteiger partial charge in [-0.1, -0.05) is 6.92 Å². The number of hydrogen-bond donors (Lipinski definition) is 0. The molecule has 0 atom stereocenters. The van der Waals surface area contributed by atoms with E-state index < -0.39 is 0 Å². The summed E-state index contributed by atoms with van der Waals surface area (Å²) in [5.74, 6) is 1.43. The minimum atomic E-state index is 0.00736. The molecule has 0 amide bonds. The maximum Gasteiger partial charge on any atom is 0.165 e. The molecule has 0 aliphatic heterocycles. The van der Waals surface area contributed by atoms with Crippen LogP contribution in [0.15, 0.2) is 6.20 Å². The van der Waals surface area contributed by atoms with Gasteiger partial charge in [-0.25, -0.2) is 9.97 Å². The van der Waals surface area contributed by atoms with E-state index >= 15 is 0 Å². The highest BCUT2D eigenvalue weighted by molar-refractivity contribution is 5.98. The van der Waals surface area contributed by atoms with E-state index in [0.717, 1.165) is 18.8 Å². The van der Waals surface area contributed by atoms with Crippen molar-refractivity contribution in [3.8, 4) is 0 Å². The van der Waals surface area contributed by atoms with Crippen molar-refractivity contribution < 1.29 is 4.79 Å². The van der Waals surface area contributed by atoms with Crippen molar-refractivity contribution in [2.24, 2.45) is 0 Å². The number of carbonyl (C=O) groups excluding carboxylic acids is 1. The number of nitrogens with zero attached hydrogens (tertiary/aromatic N) is 3. The SMILES string of the molecule is CCCN(C)c1nc(C)ncc1C(C)=O. The average Bonchev–Trinajstić information content (AvgIpc) is 2.17. The first-order valence-electron chi connectivity index (χ1n) is 5.12. The van der Waals surface area contributed by atoms with Crippen LogP contribution in [0, 0.1) is 6.92 Å². The maximum atomic E-state index is 11.4. The van der Waals surface area contributed by atoms with Crippen LogP contribution in [0.25, 0.3) is 0 Å². The van der Waals surface area contributed by atoms with Crippen molar-refractivity contribution in [2.45, 2.75) is 27.2 Å². The molecule has 0 radical (unpaired) electrons. The first-order valence-corrected chi connectivity index (χ1v) is 5.12. The molecule has 0 saturated carbocycles. The van der Waals surface area contributed by atoms with Crippen molar-refractivity contribution in [1.82, 2.24) is 9.97 Å². The van der Waals surface area contributed by atoms with Crippen molar-refractivity contribution in [1.29, 1.82) is 0 Å². The third-order valence-electron chi connectivity index (χ3n) is 2.19. The topological polar surface area (TPSA) is 46.1 Å². The lowest BCUT2D eigenvalue weighted by Gasteiger charge is -2.19. The Morgan fingerprint density at radius 2 is 2.20 bits per heavy atom. The van der Waals surface area contributed by atoms with Crippen molar-refractivity contribution in [2.75, 3.05) is 18.5 Å². The lowest BCUT2D eigenvalue weighted by Crippen LogP contribution is -2.22. The molecule has 1 rings (SSSR count). The number of carbonyl (C=O) groups is 1. The smallest absolute Gasteiger partial charge is 0.165 e. The molecular weight excluding hydrogens is 190 g/mol. The summed E-state index contributed by atoms with van der Waals surface area (Å²) in [6.07, 6.45) is 2.63. The standard InChI is InChI=1S/C11H17N3O/c1-5-6-14(4)11-10(8(2)15)7-12-9(3)13-11/h7H,5-6H2,1-4H3. The summed E-state index contributed by atoms with van der Waals surface area (Å²) in [4.78, 5) is 21.7. The van der Waals surface area contributed by atoms with E-state index in [1.807, 2.05) is 18.9 Å². The Balaban J connectivity index is 3.12. The summed E-state index contributed by atoms with van der Waals surface area (Å²) in [5.41, 5.74) is 0.594. The van der Waals surface area contributed by atoms with Crippen LogP contribution in [-0.2, 0) is 0 Å². The van der Waals surface area contributed by atoms with Crippen molar-refractivity contribution in [3.05, 3.63) is 17.6 Å². The second-order valence-electron chi connectivity index (χ2n) is 3.63. The third-order valence-corrected chi connectivity index (χ3v) is 2.19. The van der Waals surface area contributed by atoms with Crippen molar-refractivity contribution in [3.63, 3.8) is 0 Å². The lowest BCUT2D eigenvalue weighted by molar-refractivity contribution is 0.101. The molecule has 15 heavy (non-hydrogen) atoms. The third kappa shape index (κ3) is 2.75. The predicted molar refractivity (Wildman–Crippen MR) is 60.3 cm³/mol. The Labute approximate surface area is 90.3 Å². The summed E-state index contributed by atoms with van der Waals surface area (Å²) >= 11 is 0. The van der Waals surface area contributed by atoms with Gasteiger partial charge in [0, 0.05) is 19.8 Å². The highest BCUT2D eigenvalue weighted by Crippen LogP contribution is 2.16. The highest BCUT2D eigenvalue weighted by atomic mass is 16.1. The second-order valence-corrected chi connectivity index (χ2v) is 3.63. The number of hydrogen-bond acceptors (Lipinski definition) is 4. The predicted octanol–water partition coefficient (Wildman–Crippen LogP) is 1.83. The summed E-state index contributed by atoms with van der Waals surface area (Å²) in [5, 5.41) is 0. The molecule has 1 aromatic rings. The minimum absolute atomic E-state index is 0.00736. The molecule has 4 nitrogen and oxygen atoms in total. The van der Waals surface area contributed by atoms with Crippen LogP contribution < -0.4 is 4.90 Å². The number of rotatable bonds is 4. The molecule has 0 saturated heterocycles. The second kappa shape index (κ2) is 4.87.